The summed E-state index contributed by atoms with van der Waals surface area (Å²) in [5.41, 5.74) is 4.53. The number of nitrogens with one attached hydrogen (secondary N) is 3. The van der Waals surface area contributed by atoms with Crippen molar-refractivity contribution in [2.75, 3.05) is 18.4 Å². The Labute approximate surface area is 218 Å². The first-order chi connectivity index (χ1) is 17.7. The highest BCUT2D eigenvalue weighted by molar-refractivity contribution is 5.85. The second kappa shape index (κ2) is 15.0. The van der Waals surface area contributed by atoms with Crippen molar-refractivity contribution in [1.82, 2.24) is 15.6 Å². The quantitative estimate of drug-likeness (QED) is 0.221. The fourth-order valence-electron chi connectivity index (χ4n) is 3.76. The first-order valence-electron chi connectivity index (χ1n) is 12.3. The Morgan fingerprint density at radius 2 is 1.84 bits per heavy atom. The summed E-state index contributed by atoms with van der Waals surface area (Å²) >= 11 is 0. The van der Waals surface area contributed by atoms with Crippen LogP contribution in [0.15, 0.2) is 73.0 Å². The van der Waals surface area contributed by atoms with Crippen LogP contribution in [0, 0.1) is 6.92 Å². The lowest BCUT2D eigenvalue weighted by atomic mass is 9.95. The second-order valence-electron chi connectivity index (χ2n) is 8.59. The molecule has 0 aliphatic carbocycles. The van der Waals surface area contributed by atoms with Gasteiger partial charge in [0.15, 0.2) is 0 Å². The SMILES string of the molecule is C=C(/C=C\C)/C(=C\C)c1ccc([C@H](CC(=O)O)NC(=O)CNC(=O)CCCNc2cc(C)ccn2)cc1. The number of allylic oxidation sites excluding steroid dienone is 5. The number of carboxylic acid groups (broad SMARTS) is 1. The molecular formula is C29H36N4O4. The summed E-state index contributed by atoms with van der Waals surface area (Å²) < 4.78 is 0. The molecule has 1 aromatic heterocycles. The number of carbonyl (C=O) groups excluding carboxylic acids is 2. The minimum Gasteiger partial charge on any atom is -0.481 e. The molecule has 37 heavy (non-hydrogen) atoms. The summed E-state index contributed by atoms with van der Waals surface area (Å²) in [5.74, 6) is -0.999. The highest BCUT2D eigenvalue weighted by Crippen LogP contribution is 2.25. The molecule has 1 aromatic carbocycles. The molecule has 2 rings (SSSR count). The maximum atomic E-state index is 12.5. The first-order valence-corrected chi connectivity index (χ1v) is 12.3. The van der Waals surface area contributed by atoms with Gasteiger partial charge in [-0.05, 0) is 67.2 Å². The van der Waals surface area contributed by atoms with E-state index in [0.717, 1.165) is 28.1 Å². The summed E-state index contributed by atoms with van der Waals surface area (Å²) in [6, 6.07) is 10.4. The van der Waals surface area contributed by atoms with Gasteiger partial charge in [0.1, 0.15) is 5.82 Å². The van der Waals surface area contributed by atoms with Crippen molar-refractivity contribution < 1.29 is 19.5 Å². The predicted octanol–water partition coefficient (Wildman–Crippen LogP) is 4.57. The van der Waals surface area contributed by atoms with Gasteiger partial charge in [0.05, 0.1) is 19.0 Å². The van der Waals surface area contributed by atoms with Gasteiger partial charge < -0.3 is 21.1 Å². The average Bonchev–Trinajstić information content (AvgIpc) is 2.86. The molecule has 0 unspecified atom stereocenters. The van der Waals surface area contributed by atoms with E-state index in [9.17, 15) is 19.5 Å². The van der Waals surface area contributed by atoms with Gasteiger partial charge in [0, 0.05) is 19.2 Å². The third-order valence-electron chi connectivity index (χ3n) is 5.59. The number of rotatable bonds is 14. The van der Waals surface area contributed by atoms with E-state index in [0.29, 0.717) is 18.5 Å². The summed E-state index contributed by atoms with van der Waals surface area (Å²) in [6.45, 7) is 10.2. The summed E-state index contributed by atoms with van der Waals surface area (Å²) in [6.07, 6.45) is 8.06. The number of amides is 2. The van der Waals surface area contributed by atoms with Crippen LogP contribution in [0.25, 0.3) is 5.57 Å². The van der Waals surface area contributed by atoms with Crippen LogP contribution < -0.4 is 16.0 Å². The molecule has 196 valence electrons. The van der Waals surface area contributed by atoms with Crippen molar-refractivity contribution in [1.29, 1.82) is 0 Å². The van der Waals surface area contributed by atoms with E-state index in [1.807, 2.05) is 63.3 Å². The standard InChI is InChI=1S/C29H36N4O4/c1-5-8-21(4)24(6-2)22-10-12-23(13-11-22)25(18-29(36)37)33-28(35)19-32-27(34)9-7-15-30-26-17-20(3)14-16-31-26/h5-6,8,10-14,16-17,25H,4,7,9,15,18-19H2,1-3H3,(H,30,31)(H,32,34)(H,33,35)(H,36,37)/b8-5-,24-6+/t25-/m0/s1. The highest BCUT2D eigenvalue weighted by atomic mass is 16.4. The average molecular weight is 505 g/mol. The van der Waals surface area contributed by atoms with E-state index >= 15 is 0 Å². The number of carboxylic acids is 1. The van der Waals surface area contributed by atoms with Gasteiger partial charge in [-0.1, -0.05) is 49.1 Å². The molecular weight excluding hydrogens is 468 g/mol. The fraction of sp³-hybridized carbons (Fsp3) is 0.310. The van der Waals surface area contributed by atoms with Gasteiger partial charge in [-0.3, -0.25) is 14.4 Å². The Hall–Kier alpha value is -4.20. The molecule has 0 saturated heterocycles. The Bertz CT molecular complexity index is 1150. The van der Waals surface area contributed by atoms with Crippen molar-refractivity contribution in [2.24, 2.45) is 0 Å². The molecule has 0 aliphatic heterocycles. The maximum absolute atomic E-state index is 12.5. The van der Waals surface area contributed by atoms with Gasteiger partial charge >= 0.3 is 5.97 Å². The van der Waals surface area contributed by atoms with Crippen molar-refractivity contribution in [3.63, 3.8) is 0 Å². The van der Waals surface area contributed by atoms with Gasteiger partial charge in [0.25, 0.3) is 0 Å². The highest BCUT2D eigenvalue weighted by Gasteiger charge is 2.19. The lowest BCUT2D eigenvalue weighted by Gasteiger charge is -2.18. The molecule has 0 spiro atoms. The molecule has 0 bridgehead atoms. The minimum atomic E-state index is -1.04. The van der Waals surface area contributed by atoms with E-state index in [1.54, 1.807) is 18.3 Å². The third kappa shape index (κ3) is 10.1. The zero-order chi connectivity index (χ0) is 27.2. The number of aromatic nitrogens is 1. The predicted molar refractivity (Wildman–Crippen MR) is 147 cm³/mol. The molecule has 0 aliphatic rings. The van der Waals surface area contributed by atoms with Crippen LogP contribution in [0.4, 0.5) is 5.82 Å². The van der Waals surface area contributed by atoms with Crippen molar-refractivity contribution in [2.45, 2.75) is 46.1 Å². The normalized spacial score (nSPS) is 12.1. The van der Waals surface area contributed by atoms with Crippen molar-refractivity contribution in [3.8, 4) is 0 Å². The Balaban J connectivity index is 1.88. The zero-order valence-electron chi connectivity index (χ0n) is 21.7. The maximum Gasteiger partial charge on any atom is 0.305 e. The minimum absolute atomic E-state index is 0.230. The van der Waals surface area contributed by atoms with Crippen LogP contribution in [-0.4, -0.2) is 41.0 Å². The number of aliphatic carboxylic acids is 1. The van der Waals surface area contributed by atoms with E-state index in [2.05, 4.69) is 27.5 Å². The van der Waals surface area contributed by atoms with Crippen molar-refractivity contribution in [3.05, 3.63) is 89.7 Å². The lowest BCUT2D eigenvalue weighted by molar-refractivity contribution is -0.138. The lowest BCUT2D eigenvalue weighted by Crippen LogP contribution is -2.39. The van der Waals surface area contributed by atoms with Crippen LogP contribution >= 0.6 is 0 Å². The summed E-state index contributed by atoms with van der Waals surface area (Å²) in [4.78, 5) is 40.2. The number of hydrogen-bond acceptors (Lipinski definition) is 5. The smallest absolute Gasteiger partial charge is 0.305 e. The van der Waals surface area contributed by atoms with E-state index in [4.69, 9.17) is 0 Å². The van der Waals surface area contributed by atoms with Crippen LogP contribution in [0.2, 0.25) is 0 Å². The molecule has 2 aromatic rings. The molecule has 1 atom stereocenters. The zero-order valence-corrected chi connectivity index (χ0v) is 21.7. The number of aryl methyl sites for hydroxylation is 1. The van der Waals surface area contributed by atoms with Gasteiger partial charge in [-0.2, -0.15) is 0 Å². The van der Waals surface area contributed by atoms with Crippen LogP contribution in [0.1, 0.15) is 55.8 Å². The molecule has 0 radical (unpaired) electrons. The van der Waals surface area contributed by atoms with E-state index < -0.39 is 17.9 Å². The van der Waals surface area contributed by atoms with Gasteiger partial charge in [0.2, 0.25) is 11.8 Å². The molecule has 8 heteroatoms. The summed E-state index contributed by atoms with van der Waals surface area (Å²) in [5, 5.41) is 17.8. The fourth-order valence-corrected chi connectivity index (χ4v) is 3.76. The van der Waals surface area contributed by atoms with Crippen LogP contribution in [-0.2, 0) is 14.4 Å². The Kier molecular flexibility index (Phi) is 11.8. The molecule has 1 heterocycles. The Morgan fingerprint density at radius 1 is 1.11 bits per heavy atom. The molecule has 0 fully saturated rings. The number of carbonyl (C=O) groups is 3. The number of pyridine rings is 1. The first kappa shape index (κ1) is 29.0. The molecule has 4 N–H and O–H groups in total. The molecule has 8 nitrogen and oxygen atoms in total. The van der Waals surface area contributed by atoms with E-state index in [1.165, 1.54) is 0 Å². The van der Waals surface area contributed by atoms with Crippen LogP contribution in [0.5, 0.6) is 0 Å². The van der Waals surface area contributed by atoms with Gasteiger partial charge in [-0.25, -0.2) is 4.98 Å². The number of hydrogen-bond donors (Lipinski definition) is 4. The van der Waals surface area contributed by atoms with E-state index in [-0.39, 0.29) is 25.3 Å². The monoisotopic (exact) mass is 504 g/mol. The number of anilines is 1. The van der Waals surface area contributed by atoms with Crippen LogP contribution in [0.3, 0.4) is 0 Å². The van der Waals surface area contributed by atoms with Gasteiger partial charge in [-0.15, -0.1) is 0 Å². The number of benzene rings is 1. The summed E-state index contributed by atoms with van der Waals surface area (Å²) in [7, 11) is 0. The topological polar surface area (TPSA) is 120 Å². The number of nitrogens with zero attached hydrogens (tertiary/aromatic N) is 1. The molecule has 2 amide bonds. The van der Waals surface area contributed by atoms with Crippen molar-refractivity contribution >= 4 is 29.2 Å². The molecule has 0 saturated carbocycles. The second-order valence-corrected chi connectivity index (χ2v) is 8.59. The Morgan fingerprint density at radius 3 is 2.46 bits per heavy atom. The largest absolute Gasteiger partial charge is 0.481 e. The third-order valence-corrected chi connectivity index (χ3v) is 5.59.